The second-order valence-corrected chi connectivity index (χ2v) is 6.85. The molecule has 0 aromatic heterocycles. The van der Waals surface area contributed by atoms with Crippen molar-refractivity contribution in [2.24, 2.45) is 5.41 Å². The standard InChI is InChI=1S/C17H23N3O3/c1-14(21)19-11-8-17(13-19)6-9-18(10-7-17)12-15-4-2-3-5-16(15)20(22)23/h2-5H,6-13H2,1H3. The zero-order valence-corrected chi connectivity index (χ0v) is 13.5. The average Bonchev–Trinajstić information content (AvgIpc) is 2.94. The van der Waals surface area contributed by atoms with Gasteiger partial charge in [0.05, 0.1) is 4.92 Å². The number of carbonyl (C=O) groups is 1. The van der Waals surface area contributed by atoms with Crippen molar-refractivity contribution in [1.29, 1.82) is 0 Å². The van der Waals surface area contributed by atoms with E-state index in [9.17, 15) is 14.9 Å². The summed E-state index contributed by atoms with van der Waals surface area (Å²) in [6.45, 7) is 5.91. The molecular formula is C17H23N3O3. The summed E-state index contributed by atoms with van der Waals surface area (Å²) < 4.78 is 0. The highest BCUT2D eigenvalue weighted by molar-refractivity contribution is 5.73. The minimum absolute atomic E-state index is 0.171. The number of nitro groups is 1. The molecule has 3 rings (SSSR count). The molecule has 0 unspecified atom stereocenters. The molecule has 0 saturated carbocycles. The smallest absolute Gasteiger partial charge is 0.273 e. The third-order valence-electron chi connectivity index (χ3n) is 5.38. The monoisotopic (exact) mass is 317 g/mol. The van der Waals surface area contributed by atoms with Crippen LogP contribution in [0, 0.1) is 15.5 Å². The Morgan fingerprint density at radius 2 is 1.87 bits per heavy atom. The molecule has 6 nitrogen and oxygen atoms in total. The second-order valence-electron chi connectivity index (χ2n) is 6.85. The SMILES string of the molecule is CC(=O)N1CCC2(CCN(Cc3ccccc3[N+](=O)[O-])CC2)C1. The van der Waals surface area contributed by atoms with E-state index >= 15 is 0 Å². The highest BCUT2D eigenvalue weighted by atomic mass is 16.6. The Labute approximate surface area is 136 Å². The van der Waals surface area contributed by atoms with Crippen molar-refractivity contribution in [3.05, 3.63) is 39.9 Å². The normalized spacial score (nSPS) is 20.8. The minimum atomic E-state index is -0.303. The predicted molar refractivity (Wildman–Crippen MR) is 86.9 cm³/mol. The fourth-order valence-electron chi connectivity index (χ4n) is 3.86. The first-order valence-corrected chi connectivity index (χ1v) is 8.19. The average molecular weight is 317 g/mol. The molecule has 0 N–H and O–H groups in total. The van der Waals surface area contributed by atoms with Crippen LogP contribution in [0.3, 0.4) is 0 Å². The molecule has 1 aromatic carbocycles. The molecule has 2 aliphatic heterocycles. The molecule has 1 spiro atoms. The van der Waals surface area contributed by atoms with Crippen LogP contribution >= 0.6 is 0 Å². The van der Waals surface area contributed by atoms with Gasteiger partial charge in [0.1, 0.15) is 0 Å². The van der Waals surface area contributed by atoms with E-state index in [1.807, 2.05) is 17.0 Å². The summed E-state index contributed by atoms with van der Waals surface area (Å²) in [5.41, 5.74) is 1.26. The Kier molecular flexibility index (Phi) is 4.35. The van der Waals surface area contributed by atoms with Crippen LogP contribution in [0.15, 0.2) is 24.3 Å². The van der Waals surface area contributed by atoms with Crippen LogP contribution in [0.4, 0.5) is 5.69 Å². The second kappa shape index (κ2) is 6.28. The number of para-hydroxylation sites is 1. The quantitative estimate of drug-likeness (QED) is 0.634. The van der Waals surface area contributed by atoms with Crippen LogP contribution in [-0.2, 0) is 11.3 Å². The zero-order valence-electron chi connectivity index (χ0n) is 13.5. The van der Waals surface area contributed by atoms with Gasteiger partial charge in [0, 0.05) is 38.2 Å². The van der Waals surface area contributed by atoms with Crippen molar-refractivity contribution >= 4 is 11.6 Å². The van der Waals surface area contributed by atoms with Crippen LogP contribution in [0.5, 0.6) is 0 Å². The lowest BCUT2D eigenvalue weighted by Crippen LogP contribution is -2.41. The van der Waals surface area contributed by atoms with Crippen LogP contribution in [0.25, 0.3) is 0 Å². The molecule has 2 fully saturated rings. The molecule has 1 aromatic rings. The minimum Gasteiger partial charge on any atom is -0.342 e. The Morgan fingerprint density at radius 1 is 1.22 bits per heavy atom. The molecule has 124 valence electrons. The summed E-state index contributed by atoms with van der Waals surface area (Å²) in [4.78, 5) is 26.6. The number of likely N-dealkylation sites (tertiary alicyclic amines) is 2. The highest BCUT2D eigenvalue weighted by Gasteiger charge is 2.41. The molecule has 0 bridgehead atoms. The lowest BCUT2D eigenvalue weighted by atomic mass is 9.77. The zero-order chi connectivity index (χ0) is 16.4. The van der Waals surface area contributed by atoms with Crippen LogP contribution in [-0.4, -0.2) is 46.8 Å². The van der Waals surface area contributed by atoms with E-state index in [0.717, 1.165) is 51.0 Å². The number of benzene rings is 1. The lowest BCUT2D eigenvalue weighted by molar-refractivity contribution is -0.385. The highest BCUT2D eigenvalue weighted by Crippen LogP contribution is 2.40. The first-order chi connectivity index (χ1) is 11.0. The van der Waals surface area contributed by atoms with Gasteiger partial charge in [-0.2, -0.15) is 0 Å². The molecule has 2 aliphatic rings. The van der Waals surface area contributed by atoms with Gasteiger partial charge in [-0.05, 0) is 37.8 Å². The molecule has 1 amide bonds. The molecule has 2 saturated heterocycles. The lowest BCUT2D eigenvalue weighted by Gasteiger charge is -2.39. The van der Waals surface area contributed by atoms with E-state index in [0.29, 0.717) is 6.54 Å². The number of nitro benzene ring substituents is 1. The van der Waals surface area contributed by atoms with Gasteiger partial charge >= 0.3 is 0 Å². The summed E-state index contributed by atoms with van der Waals surface area (Å²) >= 11 is 0. The van der Waals surface area contributed by atoms with Gasteiger partial charge in [-0.25, -0.2) is 0 Å². The Bertz CT molecular complexity index is 609. The number of piperidine rings is 1. The number of nitrogens with zero attached hydrogens (tertiary/aromatic N) is 3. The van der Waals surface area contributed by atoms with E-state index in [-0.39, 0.29) is 21.9 Å². The van der Waals surface area contributed by atoms with E-state index < -0.39 is 0 Å². The van der Waals surface area contributed by atoms with Gasteiger partial charge in [0.25, 0.3) is 5.69 Å². The maximum Gasteiger partial charge on any atom is 0.273 e. The van der Waals surface area contributed by atoms with Gasteiger partial charge in [-0.15, -0.1) is 0 Å². The summed E-state index contributed by atoms with van der Waals surface area (Å²) in [6, 6.07) is 6.98. The number of hydrogen-bond donors (Lipinski definition) is 0. The van der Waals surface area contributed by atoms with Crippen LogP contribution < -0.4 is 0 Å². The van der Waals surface area contributed by atoms with E-state index in [2.05, 4.69) is 4.90 Å². The van der Waals surface area contributed by atoms with Crippen LogP contribution in [0.2, 0.25) is 0 Å². The van der Waals surface area contributed by atoms with Gasteiger partial charge in [-0.3, -0.25) is 19.8 Å². The van der Waals surface area contributed by atoms with Crippen molar-refractivity contribution in [3.8, 4) is 0 Å². The molecule has 6 heteroatoms. The Morgan fingerprint density at radius 3 is 2.48 bits per heavy atom. The largest absolute Gasteiger partial charge is 0.342 e. The Balaban J connectivity index is 1.60. The number of hydrogen-bond acceptors (Lipinski definition) is 4. The number of amides is 1. The van der Waals surface area contributed by atoms with Gasteiger partial charge in [0.2, 0.25) is 5.91 Å². The van der Waals surface area contributed by atoms with Gasteiger partial charge in [0.15, 0.2) is 0 Å². The third kappa shape index (κ3) is 3.37. The topological polar surface area (TPSA) is 66.7 Å². The maximum absolute atomic E-state index is 11.5. The maximum atomic E-state index is 11.5. The third-order valence-corrected chi connectivity index (χ3v) is 5.38. The van der Waals surface area contributed by atoms with Crippen molar-refractivity contribution in [2.75, 3.05) is 26.2 Å². The van der Waals surface area contributed by atoms with Crippen molar-refractivity contribution < 1.29 is 9.72 Å². The first-order valence-electron chi connectivity index (χ1n) is 8.19. The van der Waals surface area contributed by atoms with Gasteiger partial charge < -0.3 is 4.90 Å². The summed E-state index contributed by atoms with van der Waals surface area (Å²) in [6.07, 6.45) is 3.22. The van der Waals surface area contributed by atoms with Crippen molar-refractivity contribution in [3.63, 3.8) is 0 Å². The van der Waals surface area contributed by atoms with E-state index in [1.165, 1.54) is 0 Å². The van der Waals surface area contributed by atoms with E-state index in [1.54, 1.807) is 19.1 Å². The fourth-order valence-corrected chi connectivity index (χ4v) is 3.86. The predicted octanol–water partition coefficient (Wildman–Crippen LogP) is 2.43. The summed E-state index contributed by atoms with van der Waals surface area (Å²) in [5, 5.41) is 11.1. The molecule has 0 aliphatic carbocycles. The molecular weight excluding hydrogens is 294 g/mol. The molecule has 23 heavy (non-hydrogen) atoms. The number of rotatable bonds is 3. The fraction of sp³-hybridized carbons (Fsp3) is 0.588. The first kappa shape index (κ1) is 15.9. The van der Waals surface area contributed by atoms with Crippen molar-refractivity contribution in [2.45, 2.75) is 32.7 Å². The van der Waals surface area contributed by atoms with Gasteiger partial charge in [-0.1, -0.05) is 18.2 Å². The van der Waals surface area contributed by atoms with E-state index in [4.69, 9.17) is 0 Å². The molecule has 0 radical (unpaired) electrons. The summed E-state index contributed by atoms with van der Waals surface area (Å²) in [7, 11) is 0. The van der Waals surface area contributed by atoms with Crippen molar-refractivity contribution in [1.82, 2.24) is 9.80 Å². The number of carbonyl (C=O) groups excluding carboxylic acids is 1. The molecule has 2 heterocycles. The summed E-state index contributed by atoms with van der Waals surface area (Å²) in [5.74, 6) is 0.171. The van der Waals surface area contributed by atoms with Crippen LogP contribution in [0.1, 0.15) is 31.7 Å². The molecule has 0 atom stereocenters. The Hall–Kier alpha value is -1.95.